The van der Waals surface area contributed by atoms with Crippen LogP contribution in [0, 0.1) is 5.92 Å². The van der Waals surface area contributed by atoms with Crippen LogP contribution in [-0.4, -0.2) is 57.9 Å². The lowest BCUT2D eigenvalue weighted by Crippen LogP contribution is -2.41. The summed E-state index contributed by atoms with van der Waals surface area (Å²) in [6.45, 7) is 0.457. The molecule has 0 aromatic heterocycles. The highest BCUT2D eigenvalue weighted by molar-refractivity contribution is 9.10. The highest BCUT2D eigenvalue weighted by atomic mass is 79.9. The third-order valence-corrected chi connectivity index (χ3v) is 7.90. The van der Waals surface area contributed by atoms with Crippen molar-refractivity contribution in [2.75, 3.05) is 32.6 Å². The minimum atomic E-state index is -3.51. The number of methoxy groups -OCH3 is 2. The van der Waals surface area contributed by atoms with E-state index in [0.717, 1.165) is 4.47 Å². The summed E-state index contributed by atoms with van der Waals surface area (Å²) in [5, 5.41) is 2.72. The van der Waals surface area contributed by atoms with Crippen LogP contribution < -0.4 is 5.32 Å². The van der Waals surface area contributed by atoms with Crippen LogP contribution in [0.5, 0.6) is 0 Å². The number of sulfonamides is 1. The largest absolute Gasteiger partial charge is 0.465 e. The minimum absolute atomic E-state index is 0.0922. The predicted octanol–water partition coefficient (Wildman–Crippen LogP) is 3.20. The molecule has 0 aliphatic carbocycles. The van der Waals surface area contributed by atoms with E-state index >= 15 is 0 Å². The number of carbonyl (C=O) groups excluding carboxylic acids is 3. The van der Waals surface area contributed by atoms with Gasteiger partial charge < -0.3 is 14.8 Å². The van der Waals surface area contributed by atoms with E-state index in [1.54, 1.807) is 24.3 Å². The van der Waals surface area contributed by atoms with Crippen molar-refractivity contribution in [3.05, 3.63) is 63.6 Å². The van der Waals surface area contributed by atoms with Crippen LogP contribution in [0.3, 0.4) is 0 Å². The van der Waals surface area contributed by atoms with Gasteiger partial charge in [-0.3, -0.25) is 4.79 Å². The summed E-state index contributed by atoms with van der Waals surface area (Å²) in [5.41, 5.74) is 1.12. The van der Waals surface area contributed by atoms with Crippen LogP contribution in [0.15, 0.2) is 46.9 Å². The molecule has 2 aromatic rings. The molecular formula is C23H25BrN2O7S. The molecule has 182 valence electrons. The fraction of sp³-hybridized carbons (Fsp3) is 0.348. The molecule has 34 heavy (non-hydrogen) atoms. The van der Waals surface area contributed by atoms with Gasteiger partial charge in [0.1, 0.15) is 0 Å². The van der Waals surface area contributed by atoms with Gasteiger partial charge in [-0.15, -0.1) is 0 Å². The Morgan fingerprint density at radius 2 is 1.50 bits per heavy atom. The second-order valence-corrected chi connectivity index (χ2v) is 10.7. The van der Waals surface area contributed by atoms with Crippen molar-refractivity contribution in [1.82, 2.24) is 4.31 Å². The standard InChI is InChI=1S/C23H25BrN2O7S/c1-32-22(28)17-11-18(23(29)33-2)13-20(12-17)25-21(27)16-7-9-26(10-8-16)34(30,31)14-15-3-5-19(24)6-4-15/h3-6,11-13,16H,7-10,14H2,1-2H3,(H,25,27). The number of carbonyl (C=O) groups is 3. The molecule has 1 amide bonds. The van der Waals surface area contributed by atoms with Crippen molar-refractivity contribution < 1.29 is 32.3 Å². The Morgan fingerprint density at radius 3 is 2.00 bits per heavy atom. The van der Waals surface area contributed by atoms with Crippen LogP contribution in [-0.2, 0) is 30.0 Å². The lowest BCUT2D eigenvalue weighted by molar-refractivity contribution is -0.120. The fourth-order valence-electron chi connectivity index (χ4n) is 3.69. The Balaban J connectivity index is 1.65. The second-order valence-electron chi connectivity index (χ2n) is 7.83. The number of esters is 2. The maximum absolute atomic E-state index is 12.8. The SMILES string of the molecule is COC(=O)c1cc(NC(=O)C2CCN(S(=O)(=O)Cc3ccc(Br)cc3)CC2)cc(C(=O)OC)c1. The lowest BCUT2D eigenvalue weighted by Gasteiger charge is -2.30. The zero-order chi connectivity index (χ0) is 24.9. The third kappa shape index (κ3) is 6.43. The summed E-state index contributed by atoms with van der Waals surface area (Å²) in [6, 6.07) is 11.2. The van der Waals surface area contributed by atoms with Crippen molar-refractivity contribution in [3.8, 4) is 0 Å². The average molecular weight is 553 g/mol. The van der Waals surface area contributed by atoms with Gasteiger partial charge in [0, 0.05) is 29.2 Å². The summed E-state index contributed by atoms with van der Waals surface area (Å²) >= 11 is 3.33. The molecule has 1 heterocycles. The first kappa shape index (κ1) is 25.9. The van der Waals surface area contributed by atoms with E-state index in [0.29, 0.717) is 18.4 Å². The van der Waals surface area contributed by atoms with Crippen molar-refractivity contribution in [2.24, 2.45) is 5.92 Å². The number of rotatable bonds is 7. The van der Waals surface area contributed by atoms with E-state index in [-0.39, 0.29) is 41.6 Å². The lowest BCUT2D eigenvalue weighted by atomic mass is 9.97. The second kappa shape index (κ2) is 11.1. The van der Waals surface area contributed by atoms with E-state index in [1.807, 2.05) is 0 Å². The maximum atomic E-state index is 12.8. The molecule has 2 aromatic carbocycles. The van der Waals surface area contributed by atoms with E-state index in [4.69, 9.17) is 9.47 Å². The average Bonchev–Trinajstić information content (AvgIpc) is 2.84. The summed E-state index contributed by atoms with van der Waals surface area (Å²) in [6.07, 6.45) is 0.706. The number of ether oxygens (including phenoxy) is 2. The Morgan fingerprint density at radius 1 is 0.971 bits per heavy atom. The van der Waals surface area contributed by atoms with Crippen LogP contribution in [0.4, 0.5) is 5.69 Å². The molecule has 1 aliphatic heterocycles. The van der Waals surface area contributed by atoms with Crippen molar-refractivity contribution in [1.29, 1.82) is 0 Å². The Labute approximate surface area is 206 Å². The molecule has 0 atom stereocenters. The number of halogens is 1. The number of nitrogens with one attached hydrogen (secondary N) is 1. The Bertz CT molecular complexity index is 1140. The van der Waals surface area contributed by atoms with Crippen LogP contribution >= 0.6 is 15.9 Å². The van der Waals surface area contributed by atoms with Gasteiger partial charge in [-0.25, -0.2) is 22.3 Å². The van der Waals surface area contributed by atoms with Crippen LogP contribution in [0.1, 0.15) is 39.1 Å². The summed E-state index contributed by atoms with van der Waals surface area (Å²) in [4.78, 5) is 36.7. The number of amides is 1. The molecule has 11 heteroatoms. The van der Waals surface area contributed by atoms with E-state index in [1.165, 1.54) is 36.7 Å². The molecule has 1 aliphatic rings. The number of benzene rings is 2. The van der Waals surface area contributed by atoms with Gasteiger partial charge in [-0.2, -0.15) is 0 Å². The van der Waals surface area contributed by atoms with Gasteiger partial charge in [0.25, 0.3) is 0 Å². The number of piperidine rings is 1. The zero-order valence-electron chi connectivity index (χ0n) is 18.7. The van der Waals surface area contributed by atoms with Gasteiger partial charge in [0.05, 0.1) is 31.1 Å². The van der Waals surface area contributed by atoms with E-state index < -0.39 is 27.9 Å². The molecule has 0 radical (unpaired) electrons. The molecule has 0 saturated carbocycles. The topological polar surface area (TPSA) is 119 Å². The highest BCUT2D eigenvalue weighted by Crippen LogP contribution is 2.25. The van der Waals surface area contributed by atoms with Gasteiger partial charge >= 0.3 is 11.9 Å². The number of hydrogen-bond acceptors (Lipinski definition) is 7. The first-order valence-corrected chi connectivity index (χ1v) is 12.9. The maximum Gasteiger partial charge on any atom is 0.337 e. The molecule has 1 saturated heterocycles. The molecule has 0 unspecified atom stereocenters. The summed E-state index contributed by atoms with van der Waals surface area (Å²) in [7, 11) is -1.09. The molecule has 1 fully saturated rings. The number of nitrogens with zero attached hydrogens (tertiary/aromatic N) is 1. The van der Waals surface area contributed by atoms with Gasteiger partial charge in [0.15, 0.2) is 0 Å². The highest BCUT2D eigenvalue weighted by Gasteiger charge is 2.31. The van der Waals surface area contributed by atoms with Gasteiger partial charge in [0.2, 0.25) is 15.9 Å². The molecule has 3 rings (SSSR count). The minimum Gasteiger partial charge on any atom is -0.465 e. The normalized spacial score (nSPS) is 14.9. The Hall–Kier alpha value is -2.76. The quantitative estimate of drug-likeness (QED) is 0.523. The Kier molecular flexibility index (Phi) is 8.45. The van der Waals surface area contributed by atoms with Crippen molar-refractivity contribution >= 4 is 49.5 Å². The fourth-order valence-corrected chi connectivity index (χ4v) is 5.52. The van der Waals surface area contributed by atoms with Crippen LogP contribution in [0.2, 0.25) is 0 Å². The smallest absolute Gasteiger partial charge is 0.337 e. The van der Waals surface area contributed by atoms with Gasteiger partial charge in [-0.1, -0.05) is 28.1 Å². The summed E-state index contributed by atoms with van der Waals surface area (Å²) in [5.74, 6) is -2.16. The zero-order valence-corrected chi connectivity index (χ0v) is 21.1. The molecule has 0 bridgehead atoms. The predicted molar refractivity (Wildman–Crippen MR) is 129 cm³/mol. The number of anilines is 1. The van der Waals surface area contributed by atoms with Crippen molar-refractivity contribution in [3.63, 3.8) is 0 Å². The molecule has 1 N–H and O–H groups in total. The van der Waals surface area contributed by atoms with Gasteiger partial charge in [-0.05, 0) is 48.7 Å². The van der Waals surface area contributed by atoms with Crippen LogP contribution in [0.25, 0.3) is 0 Å². The first-order valence-electron chi connectivity index (χ1n) is 10.5. The first-order chi connectivity index (χ1) is 16.1. The number of hydrogen-bond donors (Lipinski definition) is 1. The summed E-state index contributed by atoms with van der Waals surface area (Å²) < 4.78 is 37.3. The van der Waals surface area contributed by atoms with Crippen molar-refractivity contribution in [2.45, 2.75) is 18.6 Å². The third-order valence-electron chi connectivity index (χ3n) is 5.52. The molecule has 0 spiro atoms. The monoisotopic (exact) mass is 552 g/mol. The van der Waals surface area contributed by atoms with E-state index in [9.17, 15) is 22.8 Å². The molecule has 9 nitrogen and oxygen atoms in total. The molecular weight excluding hydrogens is 528 g/mol. The van der Waals surface area contributed by atoms with E-state index in [2.05, 4.69) is 21.2 Å².